The Hall–Kier alpha value is -2.12. The molecule has 2 atom stereocenters. The molecule has 1 fully saturated rings. The van der Waals surface area contributed by atoms with Crippen LogP contribution in [0.3, 0.4) is 0 Å². The Morgan fingerprint density at radius 1 is 0.654 bits per heavy atom. The average Bonchev–Trinajstić information content (AvgIpc) is 2.47. The number of hydrogen-bond donors (Lipinski definition) is 4. The van der Waals surface area contributed by atoms with E-state index in [0.717, 1.165) is 0 Å². The van der Waals surface area contributed by atoms with Crippen molar-refractivity contribution < 1.29 is 39.6 Å². The summed E-state index contributed by atoms with van der Waals surface area (Å²) in [6.45, 7) is 5.86. The summed E-state index contributed by atoms with van der Waals surface area (Å²) in [6.07, 6.45) is 1.39. The third-order valence-electron chi connectivity index (χ3n) is 6.17. The van der Waals surface area contributed by atoms with Gasteiger partial charge in [0.05, 0.1) is 0 Å². The smallest absolute Gasteiger partial charge is 0.321 e. The molecule has 0 heterocycles. The van der Waals surface area contributed by atoms with Crippen molar-refractivity contribution in [1.29, 1.82) is 0 Å². The molecule has 8 heteroatoms. The van der Waals surface area contributed by atoms with Gasteiger partial charge >= 0.3 is 23.9 Å². The average molecular weight is 372 g/mol. The van der Waals surface area contributed by atoms with E-state index >= 15 is 0 Å². The molecule has 0 aromatic carbocycles. The lowest BCUT2D eigenvalue weighted by atomic mass is 9.51. The highest BCUT2D eigenvalue weighted by Gasteiger charge is 2.65. The van der Waals surface area contributed by atoms with Crippen LogP contribution in [0.5, 0.6) is 0 Å². The van der Waals surface area contributed by atoms with Gasteiger partial charge in [-0.2, -0.15) is 0 Å². The number of hydrogen-bond acceptors (Lipinski definition) is 4. The van der Waals surface area contributed by atoms with E-state index in [1.807, 2.05) is 0 Å². The third kappa shape index (κ3) is 2.95. The first-order chi connectivity index (χ1) is 11.9. The highest BCUT2D eigenvalue weighted by molar-refractivity contribution is 6.01. The van der Waals surface area contributed by atoms with E-state index < -0.39 is 58.4 Å². The molecule has 0 bridgehead atoms. The summed E-state index contributed by atoms with van der Waals surface area (Å²) in [7, 11) is 0. The second-order valence-corrected chi connectivity index (χ2v) is 7.77. The molecule has 0 saturated heterocycles. The molecular weight excluding hydrogens is 344 g/mol. The summed E-state index contributed by atoms with van der Waals surface area (Å²) < 4.78 is 0. The first kappa shape index (κ1) is 21.9. The fourth-order valence-electron chi connectivity index (χ4n) is 4.88. The molecule has 0 spiro atoms. The van der Waals surface area contributed by atoms with E-state index in [0.29, 0.717) is 12.8 Å². The van der Waals surface area contributed by atoms with Crippen LogP contribution < -0.4 is 0 Å². The lowest BCUT2D eigenvalue weighted by molar-refractivity contribution is -0.193. The largest absolute Gasteiger partial charge is 0.480 e. The van der Waals surface area contributed by atoms with E-state index in [-0.39, 0.29) is 12.8 Å². The standard InChI is InChI=1S/C18H28O8/c1-9(2)17(13(19)20,14(21)22)11-7-5-6-8-12(11)18(10(3)4,15(23)24)16(25)26/h9-12H,5-8H2,1-4H3,(H,19,20)(H,21,22)(H,23,24)(H,25,26). The molecule has 2 unspecified atom stereocenters. The number of carbonyl (C=O) groups is 4. The zero-order valence-electron chi connectivity index (χ0n) is 15.6. The van der Waals surface area contributed by atoms with Gasteiger partial charge in [0.15, 0.2) is 10.8 Å². The van der Waals surface area contributed by atoms with Gasteiger partial charge in [0, 0.05) is 0 Å². The van der Waals surface area contributed by atoms with Gasteiger partial charge in [-0.05, 0) is 36.5 Å². The third-order valence-corrected chi connectivity index (χ3v) is 6.17. The van der Waals surface area contributed by atoms with Crippen LogP contribution in [-0.2, 0) is 19.2 Å². The van der Waals surface area contributed by atoms with Crippen molar-refractivity contribution in [2.75, 3.05) is 0 Å². The Balaban J connectivity index is 3.77. The van der Waals surface area contributed by atoms with Crippen LogP contribution in [0.4, 0.5) is 0 Å². The molecule has 0 aromatic rings. The Morgan fingerprint density at radius 3 is 1.04 bits per heavy atom. The lowest BCUT2D eigenvalue weighted by Crippen LogP contribution is -2.60. The van der Waals surface area contributed by atoms with E-state index in [4.69, 9.17) is 0 Å². The van der Waals surface area contributed by atoms with Crippen LogP contribution in [0.2, 0.25) is 0 Å². The van der Waals surface area contributed by atoms with Gasteiger partial charge in [-0.1, -0.05) is 40.5 Å². The second-order valence-electron chi connectivity index (χ2n) is 7.77. The molecule has 0 amide bonds. The topological polar surface area (TPSA) is 149 Å². The van der Waals surface area contributed by atoms with Gasteiger partial charge in [0.25, 0.3) is 0 Å². The summed E-state index contributed by atoms with van der Waals surface area (Å²) in [4.78, 5) is 48.4. The molecule has 8 nitrogen and oxygen atoms in total. The van der Waals surface area contributed by atoms with Crippen LogP contribution in [0.15, 0.2) is 0 Å². The predicted octanol–water partition coefficient (Wildman–Crippen LogP) is 2.42. The normalized spacial score (nSPS) is 21.6. The van der Waals surface area contributed by atoms with Gasteiger partial charge in [0.1, 0.15) is 0 Å². The number of carboxylic acid groups (broad SMARTS) is 4. The lowest BCUT2D eigenvalue weighted by Gasteiger charge is -2.49. The van der Waals surface area contributed by atoms with Crippen LogP contribution in [0, 0.1) is 34.5 Å². The fourth-order valence-corrected chi connectivity index (χ4v) is 4.88. The zero-order valence-corrected chi connectivity index (χ0v) is 15.6. The molecule has 1 aliphatic rings. The summed E-state index contributed by atoms with van der Waals surface area (Å²) in [5.41, 5.74) is -4.48. The van der Waals surface area contributed by atoms with Gasteiger partial charge < -0.3 is 20.4 Å². The number of aliphatic carboxylic acids is 4. The summed E-state index contributed by atoms with van der Waals surface area (Å²) in [5, 5.41) is 39.4. The number of carboxylic acids is 4. The molecule has 4 N–H and O–H groups in total. The summed E-state index contributed by atoms with van der Waals surface area (Å²) >= 11 is 0. The molecule has 1 saturated carbocycles. The van der Waals surface area contributed by atoms with Crippen molar-refractivity contribution in [3.8, 4) is 0 Å². The quantitative estimate of drug-likeness (QED) is 0.474. The minimum Gasteiger partial charge on any atom is -0.480 e. The predicted molar refractivity (Wildman–Crippen MR) is 90.5 cm³/mol. The second kappa shape index (κ2) is 7.63. The van der Waals surface area contributed by atoms with Crippen LogP contribution in [0.25, 0.3) is 0 Å². The summed E-state index contributed by atoms with van der Waals surface area (Å²) in [5.74, 6) is -10.1. The van der Waals surface area contributed by atoms with Crippen molar-refractivity contribution in [2.24, 2.45) is 34.5 Å². The Kier molecular flexibility index (Phi) is 6.44. The SMILES string of the molecule is CC(C)C(C(=O)O)(C(=O)O)C1CCCCC1C(C(=O)O)(C(=O)O)C(C)C. The Morgan fingerprint density at radius 2 is 0.885 bits per heavy atom. The van der Waals surface area contributed by atoms with Gasteiger partial charge in [-0.15, -0.1) is 0 Å². The van der Waals surface area contributed by atoms with E-state index in [9.17, 15) is 39.6 Å². The van der Waals surface area contributed by atoms with Crippen LogP contribution >= 0.6 is 0 Å². The van der Waals surface area contributed by atoms with Crippen molar-refractivity contribution in [1.82, 2.24) is 0 Å². The molecule has 1 aliphatic carbocycles. The number of rotatable bonds is 8. The molecule has 0 aliphatic heterocycles. The summed E-state index contributed by atoms with van der Waals surface area (Å²) in [6, 6.07) is 0. The van der Waals surface area contributed by atoms with Crippen molar-refractivity contribution >= 4 is 23.9 Å². The van der Waals surface area contributed by atoms with Gasteiger partial charge in [-0.25, -0.2) is 0 Å². The molecule has 1 rings (SSSR count). The molecule has 0 aromatic heterocycles. The zero-order chi connectivity index (χ0) is 20.4. The maximum absolute atomic E-state index is 12.1. The van der Waals surface area contributed by atoms with Crippen molar-refractivity contribution in [3.05, 3.63) is 0 Å². The highest BCUT2D eigenvalue weighted by Crippen LogP contribution is 2.55. The first-order valence-electron chi connectivity index (χ1n) is 8.82. The highest BCUT2D eigenvalue weighted by atomic mass is 16.4. The molecule has 0 radical (unpaired) electrons. The monoisotopic (exact) mass is 372 g/mol. The van der Waals surface area contributed by atoms with Crippen molar-refractivity contribution in [3.63, 3.8) is 0 Å². The van der Waals surface area contributed by atoms with Crippen molar-refractivity contribution in [2.45, 2.75) is 53.4 Å². The fraction of sp³-hybridized carbons (Fsp3) is 0.778. The van der Waals surface area contributed by atoms with Crippen LogP contribution in [-0.4, -0.2) is 44.3 Å². The maximum Gasteiger partial charge on any atom is 0.321 e. The Bertz CT molecular complexity index is 512. The maximum atomic E-state index is 12.1. The Labute approximate surface area is 152 Å². The van der Waals surface area contributed by atoms with Gasteiger partial charge in [-0.3, -0.25) is 19.2 Å². The minimum absolute atomic E-state index is 0.163. The van der Waals surface area contributed by atoms with Crippen LogP contribution in [0.1, 0.15) is 53.4 Å². The van der Waals surface area contributed by atoms with E-state index in [1.54, 1.807) is 0 Å². The molecular formula is C18H28O8. The first-order valence-corrected chi connectivity index (χ1v) is 8.82. The minimum atomic E-state index is -2.24. The van der Waals surface area contributed by atoms with E-state index in [2.05, 4.69) is 0 Å². The van der Waals surface area contributed by atoms with E-state index in [1.165, 1.54) is 27.7 Å². The van der Waals surface area contributed by atoms with Gasteiger partial charge in [0.2, 0.25) is 0 Å². The molecule has 26 heavy (non-hydrogen) atoms. The molecule has 148 valence electrons.